The molecular formula is C32H27N5O3S. The lowest BCUT2D eigenvalue weighted by Crippen LogP contribution is -2.40. The van der Waals surface area contributed by atoms with Crippen LogP contribution in [-0.4, -0.2) is 27.8 Å². The van der Waals surface area contributed by atoms with E-state index in [1.165, 1.54) is 11.3 Å². The summed E-state index contributed by atoms with van der Waals surface area (Å²) in [6.45, 7) is 3.75. The Morgan fingerprint density at radius 2 is 1.76 bits per heavy atom. The maximum Gasteiger partial charge on any atom is 0.271 e. The summed E-state index contributed by atoms with van der Waals surface area (Å²) in [6.07, 6.45) is 3.53. The van der Waals surface area contributed by atoms with E-state index in [1.807, 2.05) is 98.8 Å². The molecule has 3 heterocycles. The van der Waals surface area contributed by atoms with Gasteiger partial charge in [0.25, 0.3) is 11.5 Å². The molecule has 0 bridgehead atoms. The van der Waals surface area contributed by atoms with Gasteiger partial charge in [-0.15, -0.1) is 0 Å². The first-order chi connectivity index (χ1) is 19.9. The van der Waals surface area contributed by atoms with E-state index in [-0.39, 0.29) is 11.5 Å². The zero-order chi connectivity index (χ0) is 28.5. The molecular weight excluding hydrogens is 534 g/mol. The van der Waals surface area contributed by atoms with Gasteiger partial charge in [0.1, 0.15) is 5.75 Å². The van der Waals surface area contributed by atoms with E-state index in [0.29, 0.717) is 32.0 Å². The van der Waals surface area contributed by atoms with Gasteiger partial charge >= 0.3 is 0 Å². The lowest BCUT2D eigenvalue weighted by molar-refractivity contribution is -0.113. The van der Waals surface area contributed by atoms with Gasteiger partial charge in [-0.1, -0.05) is 72.0 Å². The number of allylic oxidation sites excluding steroid dienone is 1. The minimum absolute atomic E-state index is 0.233. The topological polar surface area (TPSA) is 101 Å². The number of aromatic nitrogens is 3. The van der Waals surface area contributed by atoms with Crippen LogP contribution in [0.15, 0.2) is 106 Å². The number of aryl methyl sites for hydroxylation is 1. The third-order valence-corrected chi connectivity index (χ3v) is 8.09. The van der Waals surface area contributed by atoms with E-state index in [2.05, 4.69) is 15.5 Å². The van der Waals surface area contributed by atoms with Crippen molar-refractivity contribution < 1.29 is 9.53 Å². The Hall–Kier alpha value is -5.02. The molecule has 0 aliphatic carbocycles. The zero-order valence-electron chi connectivity index (χ0n) is 22.7. The molecule has 204 valence electrons. The highest BCUT2D eigenvalue weighted by Gasteiger charge is 2.32. The van der Waals surface area contributed by atoms with Crippen molar-refractivity contribution in [3.8, 4) is 17.0 Å². The van der Waals surface area contributed by atoms with Crippen LogP contribution >= 0.6 is 11.3 Å². The number of aromatic amines is 1. The number of anilines is 1. The number of nitrogens with zero attached hydrogens (tertiary/aromatic N) is 3. The molecule has 0 radical (unpaired) electrons. The van der Waals surface area contributed by atoms with Crippen molar-refractivity contribution in [1.29, 1.82) is 0 Å². The quantitative estimate of drug-likeness (QED) is 0.317. The van der Waals surface area contributed by atoms with Crippen molar-refractivity contribution in [3.05, 3.63) is 133 Å². The maximum absolute atomic E-state index is 14.1. The molecule has 2 aromatic heterocycles. The summed E-state index contributed by atoms with van der Waals surface area (Å²) in [5.74, 6) is 0.373. The van der Waals surface area contributed by atoms with Gasteiger partial charge in [-0.05, 0) is 49.2 Å². The number of benzene rings is 3. The number of carbonyl (C=O) groups is 1. The summed E-state index contributed by atoms with van der Waals surface area (Å²) >= 11 is 1.29. The summed E-state index contributed by atoms with van der Waals surface area (Å²) in [5.41, 5.74) is 5.71. The van der Waals surface area contributed by atoms with E-state index < -0.39 is 6.04 Å². The smallest absolute Gasteiger partial charge is 0.271 e. The molecule has 0 spiro atoms. The lowest BCUT2D eigenvalue weighted by Gasteiger charge is -2.25. The Labute approximate surface area is 240 Å². The maximum atomic E-state index is 14.1. The van der Waals surface area contributed by atoms with Crippen LogP contribution < -0.4 is 24.9 Å². The van der Waals surface area contributed by atoms with Crippen LogP contribution in [0.1, 0.15) is 29.7 Å². The molecule has 1 atom stereocenters. The van der Waals surface area contributed by atoms with Crippen molar-refractivity contribution in [2.75, 3.05) is 12.4 Å². The first-order valence-electron chi connectivity index (χ1n) is 13.1. The number of amides is 1. The van der Waals surface area contributed by atoms with Crippen LogP contribution in [0.25, 0.3) is 17.3 Å². The fourth-order valence-corrected chi connectivity index (χ4v) is 6.04. The Morgan fingerprint density at radius 1 is 1.02 bits per heavy atom. The van der Waals surface area contributed by atoms with Crippen LogP contribution in [0.2, 0.25) is 0 Å². The fraction of sp³-hybridized carbons (Fsp3) is 0.125. The van der Waals surface area contributed by atoms with Gasteiger partial charge in [0, 0.05) is 16.8 Å². The highest BCUT2D eigenvalue weighted by atomic mass is 32.1. The number of para-hydroxylation sites is 1. The molecule has 6 rings (SSSR count). The first kappa shape index (κ1) is 26.2. The van der Waals surface area contributed by atoms with Crippen molar-refractivity contribution in [1.82, 2.24) is 14.8 Å². The molecule has 3 aromatic carbocycles. The van der Waals surface area contributed by atoms with Crippen molar-refractivity contribution in [2.45, 2.75) is 19.9 Å². The number of hydrogen-bond acceptors (Lipinski definition) is 6. The number of fused-ring (bicyclic) bond motifs is 1. The fourth-order valence-electron chi connectivity index (χ4n) is 5.00. The molecule has 9 heteroatoms. The predicted molar refractivity (Wildman–Crippen MR) is 161 cm³/mol. The van der Waals surface area contributed by atoms with Crippen molar-refractivity contribution in [2.24, 2.45) is 4.99 Å². The number of H-pyrrole nitrogens is 1. The van der Waals surface area contributed by atoms with Gasteiger partial charge in [-0.25, -0.2) is 4.99 Å². The number of ether oxygens (including phenoxy) is 1. The molecule has 41 heavy (non-hydrogen) atoms. The Kier molecular flexibility index (Phi) is 6.94. The highest BCUT2D eigenvalue weighted by molar-refractivity contribution is 7.07. The number of carbonyl (C=O) groups excluding carboxylic acids is 1. The van der Waals surface area contributed by atoms with E-state index in [1.54, 1.807) is 17.9 Å². The van der Waals surface area contributed by atoms with Crippen molar-refractivity contribution >= 4 is 29.0 Å². The van der Waals surface area contributed by atoms with Crippen LogP contribution in [0.3, 0.4) is 0 Å². The summed E-state index contributed by atoms with van der Waals surface area (Å²) < 4.78 is 7.46. The Bertz CT molecular complexity index is 1970. The van der Waals surface area contributed by atoms with Gasteiger partial charge in [0.2, 0.25) is 0 Å². The number of hydrogen-bond donors (Lipinski definition) is 2. The van der Waals surface area contributed by atoms with Crippen LogP contribution in [-0.2, 0) is 4.79 Å². The Morgan fingerprint density at radius 3 is 2.49 bits per heavy atom. The minimum atomic E-state index is -0.679. The number of methoxy groups -OCH3 is 1. The van der Waals surface area contributed by atoms with Gasteiger partial charge < -0.3 is 10.1 Å². The standard InChI is InChI=1S/C32H27N5O3S/c1-19-9-7-8-12-25(19)35-30(38)27-20(2)34-32-37(29(27)22-13-15-24(40-3)16-14-22)31(39)26(41-32)17-23-18-33-36-28(23)21-10-5-4-6-11-21/h4-18,29H,1-3H3,(H,33,36)(H,35,38)/b26-17+. The van der Waals surface area contributed by atoms with Gasteiger partial charge in [0.05, 0.1) is 40.8 Å². The van der Waals surface area contributed by atoms with Gasteiger partial charge in [-0.3, -0.25) is 19.3 Å². The summed E-state index contributed by atoms with van der Waals surface area (Å²) in [6, 6.07) is 24.2. The molecule has 0 saturated carbocycles. The normalized spacial score (nSPS) is 14.9. The average Bonchev–Trinajstić information content (AvgIpc) is 3.58. The second-order valence-corrected chi connectivity index (χ2v) is 10.7. The van der Waals surface area contributed by atoms with E-state index in [9.17, 15) is 9.59 Å². The summed E-state index contributed by atoms with van der Waals surface area (Å²) in [7, 11) is 1.60. The Balaban J connectivity index is 1.50. The molecule has 0 saturated heterocycles. The summed E-state index contributed by atoms with van der Waals surface area (Å²) in [4.78, 5) is 33.2. The first-order valence-corrected chi connectivity index (χ1v) is 13.9. The SMILES string of the molecule is COc1ccc(C2C(C(=O)Nc3ccccc3C)=C(C)N=c3s/c(=C/c4cn[nH]c4-c4ccccc4)c(=O)n32)cc1. The average molecular weight is 562 g/mol. The number of thiazole rings is 1. The third kappa shape index (κ3) is 4.92. The van der Waals surface area contributed by atoms with Crippen LogP contribution in [0.4, 0.5) is 5.69 Å². The van der Waals surface area contributed by atoms with Crippen LogP contribution in [0.5, 0.6) is 5.75 Å². The summed E-state index contributed by atoms with van der Waals surface area (Å²) in [5, 5.41) is 10.3. The van der Waals surface area contributed by atoms with E-state index in [0.717, 1.165) is 27.9 Å². The van der Waals surface area contributed by atoms with E-state index in [4.69, 9.17) is 9.73 Å². The van der Waals surface area contributed by atoms with Crippen LogP contribution in [0, 0.1) is 6.92 Å². The second-order valence-electron chi connectivity index (χ2n) is 9.69. The third-order valence-electron chi connectivity index (χ3n) is 7.11. The minimum Gasteiger partial charge on any atom is -0.497 e. The molecule has 0 fully saturated rings. The molecule has 1 amide bonds. The molecule has 1 aliphatic rings. The molecule has 2 N–H and O–H groups in total. The predicted octanol–water partition coefficient (Wildman–Crippen LogP) is 4.58. The van der Waals surface area contributed by atoms with Gasteiger partial charge in [0.15, 0.2) is 4.80 Å². The zero-order valence-corrected chi connectivity index (χ0v) is 23.5. The molecule has 5 aromatic rings. The lowest BCUT2D eigenvalue weighted by atomic mass is 9.95. The molecule has 1 aliphatic heterocycles. The number of rotatable bonds is 6. The largest absolute Gasteiger partial charge is 0.497 e. The molecule has 8 nitrogen and oxygen atoms in total. The van der Waals surface area contributed by atoms with Gasteiger partial charge in [-0.2, -0.15) is 5.10 Å². The number of nitrogens with one attached hydrogen (secondary N) is 2. The second kappa shape index (κ2) is 10.9. The molecule has 1 unspecified atom stereocenters. The monoisotopic (exact) mass is 561 g/mol. The van der Waals surface area contributed by atoms with Crippen molar-refractivity contribution in [3.63, 3.8) is 0 Å². The van der Waals surface area contributed by atoms with E-state index >= 15 is 0 Å². The highest BCUT2D eigenvalue weighted by Crippen LogP contribution is 2.32.